The van der Waals surface area contributed by atoms with E-state index < -0.39 is 0 Å². The molecule has 1 rings (SSSR count). The summed E-state index contributed by atoms with van der Waals surface area (Å²) in [4.78, 5) is 1.09. The van der Waals surface area contributed by atoms with E-state index in [9.17, 15) is 0 Å². The normalized spacial score (nSPS) is 12.8. The van der Waals surface area contributed by atoms with Gasteiger partial charge in [-0.1, -0.05) is 30.7 Å². The van der Waals surface area contributed by atoms with Crippen molar-refractivity contribution in [3.8, 4) is 0 Å². The Kier molecular flexibility index (Phi) is 4.62. The molecular weight excluding hydrogens is 216 g/mol. The van der Waals surface area contributed by atoms with E-state index in [2.05, 4.69) is 18.9 Å². The zero-order valence-corrected chi connectivity index (χ0v) is 9.79. The molecule has 0 bridgehead atoms. The van der Waals surface area contributed by atoms with Crippen LogP contribution in [0.25, 0.3) is 0 Å². The largest absolute Gasteiger partial charge is 0.271 e. The molecule has 1 atom stereocenters. The van der Waals surface area contributed by atoms with Crippen LogP contribution in [0.1, 0.15) is 30.7 Å². The topological polar surface area (TPSA) is 38.0 Å². The van der Waals surface area contributed by atoms with Gasteiger partial charge in [-0.25, -0.2) is 0 Å². The van der Waals surface area contributed by atoms with Gasteiger partial charge in [0.1, 0.15) is 0 Å². The number of hydrogen-bond acceptors (Lipinski definition) is 3. The third kappa shape index (κ3) is 2.82. The first-order valence-electron chi connectivity index (χ1n) is 4.54. The molecule has 14 heavy (non-hydrogen) atoms. The van der Waals surface area contributed by atoms with Gasteiger partial charge in [-0.3, -0.25) is 11.3 Å². The molecular formula is C10H15ClN2S. The Morgan fingerprint density at radius 3 is 2.93 bits per heavy atom. The number of nitrogens with one attached hydrogen (secondary N) is 1. The molecule has 0 aliphatic rings. The van der Waals surface area contributed by atoms with Crippen LogP contribution < -0.4 is 11.3 Å². The number of thiophene rings is 1. The molecule has 0 aromatic carbocycles. The van der Waals surface area contributed by atoms with Crippen LogP contribution in [0.4, 0.5) is 0 Å². The van der Waals surface area contributed by atoms with Crippen molar-refractivity contribution in [1.82, 2.24) is 5.43 Å². The molecule has 3 N–H and O–H groups in total. The molecule has 0 aliphatic carbocycles. The van der Waals surface area contributed by atoms with E-state index >= 15 is 0 Å². The van der Waals surface area contributed by atoms with Crippen molar-refractivity contribution >= 4 is 22.9 Å². The van der Waals surface area contributed by atoms with E-state index in [1.54, 1.807) is 11.3 Å². The lowest BCUT2D eigenvalue weighted by atomic mass is 10.1. The second-order valence-electron chi connectivity index (χ2n) is 3.16. The summed E-state index contributed by atoms with van der Waals surface area (Å²) < 4.78 is 0. The molecule has 1 aromatic rings. The summed E-state index contributed by atoms with van der Waals surface area (Å²) in [5.41, 5.74) is 3.95. The van der Waals surface area contributed by atoms with Crippen molar-refractivity contribution in [2.75, 3.05) is 0 Å². The summed E-state index contributed by atoms with van der Waals surface area (Å²) >= 11 is 7.64. The minimum absolute atomic E-state index is 0.0925. The molecule has 0 saturated carbocycles. The van der Waals surface area contributed by atoms with E-state index in [4.69, 9.17) is 17.4 Å². The second-order valence-corrected chi connectivity index (χ2v) is 4.51. The van der Waals surface area contributed by atoms with Crippen LogP contribution in [-0.2, 0) is 0 Å². The van der Waals surface area contributed by atoms with Crippen LogP contribution in [0.3, 0.4) is 0 Å². The van der Waals surface area contributed by atoms with Gasteiger partial charge in [0.2, 0.25) is 0 Å². The van der Waals surface area contributed by atoms with Crippen LogP contribution >= 0.6 is 22.9 Å². The summed E-state index contributed by atoms with van der Waals surface area (Å²) in [6, 6.07) is 1.98. The van der Waals surface area contributed by atoms with Gasteiger partial charge in [0, 0.05) is 4.88 Å². The fourth-order valence-corrected chi connectivity index (χ4v) is 2.46. The third-order valence-corrected chi connectivity index (χ3v) is 3.63. The van der Waals surface area contributed by atoms with E-state index in [-0.39, 0.29) is 6.04 Å². The van der Waals surface area contributed by atoms with Gasteiger partial charge in [0.25, 0.3) is 0 Å². The summed E-state index contributed by atoms with van der Waals surface area (Å²) in [6.07, 6.45) is 1.81. The van der Waals surface area contributed by atoms with E-state index in [1.807, 2.05) is 11.4 Å². The smallest absolute Gasteiger partial charge is 0.0605 e. The Morgan fingerprint density at radius 2 is 2.50 bits per heavy atom. The monoisotopic (exact) mass is 230 g/mol. The van der Waals surface area contributed by atoms with Crippen molar-refractivity contribution in [3.05, 3.63) is 33.5 Å². The highest BCUT2D eigenvalue weighted by Gasteiger charge is 2.14. The Balaban J connectivity index is 2.72. The van der Waals surface area contributed by atoms with Crippen LogP contribution in [0.2, 0.25) is 5.02 Å². The van der Waals surface area contributed by atoms with Crippen molar-refractivity contribution in [1.29, 1.82) is 0 Å². The average Bonchev–Trinajstić information content (AvgIpc) is 2.60. The van der Waals surface area contributed by atoms with E-state index in [1.165, 1.54) is 5.57 Å². The summed E-state index contributed by atoms with van der Waals surface area (Å²) in [5.74, 6) is 5.49. The molecule has 0 fully saturated rings. The summed E-state index contributed by atoms with van der Waals surface area (Å²) in [5, 5.41) is 2.75. The van der Waals surface area contributed by atoms with Gasteiger partial charge >= 0.3 is 0 Å². The number of halogens is 1. The van der Waals surface area contributed by atoms with Gasteiger partial charge in [-0.2, -0.15) is 0 Å². The van der Waals surface area contributed by atoms with E-state index in [0.29, 0.717) is 0 Å². The highest BCUT2D eigenvalue weighted by atomic mass is 35.5. The predicted octanol–water partition coefficient (Wildman–Crippen LogP) is 3.26. The van der Waals surface area contributed by atoms with E-state index in [0.717, 1.165) is 22.7 Å². The fourth-order valence-electron chi connectivity index (χ4n) is 1.21. The van der Waals surface area contributed by atoms with Crippen molar-refractivity contribution in [3.63, 3.8) is 0 Å². The minimum atomic E-state index is 0.0925. The molecule has 2 nitrogen and oxygen atoms in total. The standard InChI is InChI=1S/C10H15ClN2S/c1-3-7(2)6-9(13-12)10-8(11)4-5-14-10/h4-5,9,13H,2-3,6,12H2,1H3. The molecule has 0 aliphatic heterocycles. The Hall–Kier alpha value is -0.350. The highest BCUT2D eigenvalue weighted by Crippen LogP contribution is 2.31. The molecule has 1 heterocycles. The zero-order chi connectivity index (χ0) is 10.6. The van der Waals surface area contributed by atoms with Crippen LogP contribution in [0.15, 0.2) is 23.6 Å². The molecule has 0 spiro atoms. The predicted molar refractivity (Wildman–Crippen MR) is 63.4 cm³/mol. The molecule has 0 saturated heterocycles. The van der Waals surface area contributed by atoms with Gasteiger partial charge in [0.15, 0.2) is 0 Å². The molecule has 78 valence electrons. The SMILES string of the molecule is C=C(CC)CC(NN)c1sccc1Cl. The molecule has 1 aromatic heterocycles. The quantitative estimate of drug-likeness (QED) is 0.463. The lowest BCUT2D eigenvalue weighted by Crippen LogP contribution is -2.27. The van der Waals surface area contributed by atoms with Crippen LogP contribution in [0.5, 0.6) is 0 Å². The molecule has 0 amide bonds. The summed E-state index contributed by atoms with van der Waals surface area (Å²) in [6.45, 7) is 6.06. The fraction of sp³-hybridized carbons (Fsp3) is 0.400. The Morgan fingerprint density at radius 1 is 1.79 bits per heavy atom. The van der Waals surface area contributed by atoms with Crippen LogP contribution in [0, 0.1) is 0 Å². The van der Waals surface area contributed by atoms with Gasteiger partial charge in [-0.05, 0) is 24.3 Å². The van der Waals surface area contributed by atoms with Crippen LogP contribution in [-0.4, -0.2) is 0 Å². The zero-order valence-electron chi connectivity index (χ0n) is 8.22. The second kappa shape index (κ2) is 5.51. The lowest BCUT2D eigenvalue weighted by Gasteiger charge is -2.15. The number of hydrogen-bond donors (Lipinski definition) is 2. The van der Waals surface area contributed by atoms with Gasteiger partial charge < -0.3 is 0 Å². The molecule has 4 heteroatoms. The Bertz CT molecular complexity index is 309. The first-order chi connectivity index (χ1) is 6.69. The van der Waals surface area contributed by atoms with Crippen molar-refractivity contribution in [2.45, 2.75) is 25.8 Å². The van der Waals surface area contributed by atoms with Crippen molar-refractivity contribution in [2.24, 2.45) is 5.84 Å². The maximum atomic E-state index is 6.03. The lowest BCUT2D eigenvalue weighted by molar-refractivity contribution is 0.553. The van der Waals surface area contributed by atoms with Crippen molar-refractivity contribution < 1.29 is 0 Å². The maximum Gasteiger partial charge on any atom is 0.0605 e. The molecule has 1 unspecified atom stereocenters. The first-order valence-corrected chi connectivity index (χ1v) is 5.80. The maximum absolute atomic E-state index is 6.03. The van der Waals surface area contributed by atoms with Gasteiger partial charge in [0.05, 0.1) is 11.1 Å². The first kappa shape index (κ1) is 11.7. The third-order valence-electron chi connectivity index (χ3n) is 2.16. The number of nitrogens with two attached hydrogens (primary N) is 1. The highest BCUT2D eigenvalue weighted by molar-refractivity contribution is 7.10. The minimum Gasteiger partial charge on any atom is -0.271 e. The summed E-state index contributed by atoms with van der Waals surface area (Å²) in [7, 11) is 0. The molecule has 0 radical (unpaired) electrons. The number of rotatable bonds is 5. The number of hydrazine groups is 1. The average molecular weight is 231 g/mol. The Labute approximate surface area is 93.7 Å². The van der Waals surface area contributed by atoms with Gasteiger partial charge in [-0.15, -0.1) is 11.3 Å².